The minimum Gasteiger partial charge on any atom is -0.271 e. The van der Waals surface area contributed by atoms with Crippen LogP contribution in [0.15, 0.2) is 40.9 Å². The fourth-order valence-corrected chi connectivity index (χ4v) is 2.33. The molecular weight excluding hydrogens is 338 g/mol. The summed E-state index contributed by atoms with van der Waals surface area (Å²) in [6, 6.07) is 7.91. The SMILES string of the molecule is NNC(c1cc(F)cc(F)c1)c1ccc(Cl)c(Br)c1. The summed E-state index contributed by atoms with van der Waals surface area (Å²) >= 11 is 9.20. The van der Waals surface area contributed by atoms with Crippen molar-refractivity contribution in [2.45, 2.75) is 6.04 Å². The molecule has 0 bridgehead atoms. The van der Waals surface area contributed by atoms with Crippen LogP contribution in [0.4, 0.5) is 8.78 Å². The van der Waals surface area contributed by atoms with E-state index in [0.717, 1.165) is 11.6 Å². The molecule has 1 atom stereocenters. The smallest absolute Gasteiger partial charge is 0.126 e. The summed E-state index contributed by atoms with van der Waals surface area (Å²) in [6.07, 6.45) is 0. The first kappa shape index (κ1) is 14.4. The molecule has 0 saturated carbocycles. The number of benzene rings is 2. The molecule has 0 aromatic heterocycles. The van der Waals surface area contributed by atoms with Gasteiger partial charge in [0.1, 0.15) is 11.6 Å². The van der Waals surface area contributed by atoms with Gasteiger partial charge in [0, 0.05) is 10.5 Å². The van der Waals surface area contributed by atoms with Crippen LogP contribution < -0.4 is 11.3 Å². The van der Waals surface area contributed by atoms with Crippen molar-refractivity contribution in [3.8, 4) is 0 Å². The van der Waals surface area contributed by atoms with Gasteiger partial charge in [-0.05, 0) is 51.3 Å². The Morgan fingerprint density at radius 1 is 1.05 bits per heavy atom. The Kier molecular flexibility index (Phi) is 4.52. The van der Waals surface area contributed by atoms with Gasteiger partial charge in [-0.1, -0.05) is 17.7 Å². The number of nitrogens with two attached hydrogens (primary N) is 1. The van der Waals surface area contributed by atoms with Crippen LogP contribution >= 0.6 is 27.5 Å². The van der Waals surface area contributed by atoms with E-state index in [1.165, 1.54) is 12.1 Å². The molecule has 19 heavy (non-hydrogen) atoms. The fraction of sp³-hybridized carbons (Fsp3) is 0.0769. The first-order valence-corrected chi connectivity index (χ1v) is 6.55. The molecule has 2 aromatic carbocycles. The van der Waals surface area contributed by atoms with E-state index in [1.807, 2.05) is 0 Å². The number of hydrogen-bond donors (Lipinski definition) is 2. The summed E-state index contributed by atoms with van der Waals surface area (Å²) in [6.45, 7) is 0. The van der Waals surface area contributed by atoms with E-state index >= 15 is 0 Å². The topological polar surface area (TPSA) is 38.0 Å². The van der Waals surface area contributed by atoms with Crippen molar-refractivity contribution < 1.29 is 8.78 Å². The van der Waals surface area contributed by atoms with E-state index < -0.39 is 17.7 Å². The summed E-state index contributed by atoms with van der Waals surface area (Å²) in [5, 5.41) is 0.546. The summed E-state index contributed by atoms with van der Waals surface area (Å²) in [5.41, 5.74) is 3.68. The van der Waals surface area contributed by atoms with Gasteiger partial charge in [0.25, 0.3) is 0 Å². The molecule has 0 fully saturated rings. The maximum Gasteiger partial charge on any atom is 0.126 e. The Morgan fingerprint density at radius 3 is 2.21 bits per heavy atom. The molecule has 0 saturated heterocycles. The standard InChI is InChI=1S/C13H10BrClF2N2/c14-11-5-7(1-2-12(11)15)13(19-18)8-3-9(16)6-10(17)4-8/h1-6,13,19H,18H2. The molecule has 0 amide bonds. The summed E-state index contributed by atoms with van der Waals surface area (Å²) in [7, 11) is 0. The van der Waals surface area contributed by atoms with Crippen LogP contribution in [0.2, 0.25) is 5.02 Å². The molecule has 0 spiro atoms. The van der Waals surface area contributed by atoms with Gasteiger partial charge in [0.2, 0.25) is 0 Å². The normalized spacial score (nSPS) is 12.5. The lowest BCUT2D eigenvalue weighted by molar-refractivity contribution is 0.566. The van der Waals surface area contributed by atoms with Crippen molar-refractivity contribution in [2.75, 3.05) is 0 Å². The monoisotopic (exact) mass is 346 g/mol. The molecule has 0 aliphatic carbocycles. The van der Waals surface area contributed by atoms with Crippen LogP contribution in [-0.4, -0.2) is 0 Å². The zero-order chi connectivity index (χ0) is 14.0. The fourth-order valence-electron chi connectivity index (χ4n) is 1.82. The van der Waals surface area contributed by atoms with Gasteiger partial charge in [-0.25, -0.2) is 14.2 Å². The van der Waals surface area contributed by atoms with E-state index in [4.69, 9.17) is 17.4 Å². The Morgan fingerprint density at radius 2 is 1.68 bits per heavy atom. The number of halogens is 4. The van der Waals surface area contributed by atoms with Crippen LogP contribution in [0.3, 0.4) is 0 Å². The average Bonchev–Trinajstić information content (AvgIpc) is 2.33. The number of rotatable bonds is 3. The van der Waals surface area contributed by atoms with Gasteiger partial charge >= 0.3 is 0 Å². The molecule has 2 rings (SSSR count). The summed E-state index contributed by atoms with van der Waals surface area (Å²) in [4.78, 5) is 0. The zero-order valence-corrected chi connectivity index (χ0v) is 12.0. The van der Waals surface area contributed by atoms with E-state index in [9.17, 15) is 8.78 Å². The molecule has 0 aliphatic rings. The Bertz CT molecular complexity index is 587. The third-order valence-corrected chi connectivity index (χ3v) is 3.88. The second-order valence-corrected chi connectivity index (χ2v) is 5.24. The predicted octanol–water partition coefficient (Wildman–Crippen LogP) is 3.93. The van der Waals surface area contributed by atoms with Crippen LogP contribution in [-0.2, 0) is 0 Å². The number of hydrogen-bond acceptors (Lipinski definition) is 2. The largest absolute Gasteiger partial charge is 0.271 e. The van der Waals surface area contributed by atoms with E-state index in [2.05, 4.69) is 21.4 Å². The van der Waals surface area contributed by atoms with Gasteiger partial charge < -0.3 is 0 Å². The molecule has 0 radical (unpaired) electrons. The van der Waals surface area contributed by atoms with Crippen molar-refractivity contribution in [3.05, 3.63) is 68.7 Å². The van der Waals surface area contributed by atoms with Crippen LogP contribution in [0.25, 0.3) is 0 Å². The van der Waals surface area contributed by atoms with Gasteiger partial charge in [0.15, 0.2) is 0 Å². The molecular formula is C13H10BrClF2N2. The lowest BCUT2D eigenvalue weighted by Gasteiger charge is -2.17. The minimum atomic E-state index is -0.650. The second kappa shape index (κ2) is 5.96. The summed E-state index contributed by atoms with van der Waals surface area (Å²) in [5.74, 6) is 4.18. The Balaban J connectivity index is 2.46. The maximum absolute atomic E-state index is 13.2. The van der Waals surface area contributed by atoms with Crippen LogP contribution in [0.1, 0.15) is 17.2 Å². The highest BCUT2D eigenvalue weighted by atomic mass is 79.9. The third-order valence-electron chi connectivity index (χ3n) is 2.66. The zero-order valence-electron chi connectivity index (χ0n) is 9.63. The Hall–Kier alpha value is -1.01. The predicted molar refractivity (Wildman–Crippen MR) is 74.7 cm³/mol. The van der Waals surface area contributed by atoms with E-state index in [-0.39, 0.29) is 0 Å². The molecule has 1 unspecified atom stereocenters. The van der Waals surface area contributed by atoms with Gasteiger partial charge in [-0.3, -0.25) is 5.84 Å². The van der Waals surface area contributed by atoms with Crippen molar-refractivity contribution >= 4 is 27.5 Å². The molecule has 3 N–H and O–H groups in total. The molecule has 6 heteroatoms. The second-order valence-electron chi connectivity index (χ2n) is 3.98. The first-order chi connectivity index (χ1) is 9.01. The Labute approximate surface area is 122 Å². The first-order valence-electron chi connectivity index (χ1n) is 5.38. The van der Waals surface area contributed by atoms with Gasteiger partial charge in [0.05, 0.1) is 11.1 Å². The highest BCUT2D eigenvalue weighted by Gasteiger charge is 2.15. The lowest BCUT2D eigenvalue weighted by Crippen LogP contribution is -2.29. The lowest BCUT2D eigenvalue weighted by atomic mass is 9.99. The van der Waals surface area contributed by atoms with Crippen molar-refractivity contribution in [1.29, 1.82) is 0 Å². The highest BCUT2D eigenvalue weighted by molar-refractivity contribution is 9.10. The van der Waals surface area contributed by atoms with E-state index in [1.54, 1.807) is 18.2 Å². The number of hydrazine groups is 1. The van der Waals surface area contributed by atoms with Crippen molar-refractivity contribution in [2.24, 2.45) is 5.84 Å². The summed E-state index contributed by atoms with van der Waals surface area (Å²) < 4.78 is 27.2. The van der Waals surface area contributed by atoms with Crippen molar-refractivity contribution in [3.63, 3.8) is 0 Å². The van der Waals surface area contributed by atoms with E-state index in [0.29, 0.717) is 15.1 Å². The maximum atomic E-state index is 13.2. The molecule has 2 nitrogen and oxygen atoms in total. The van der Waals surface area contributed by atoms with Crippen LogP contribution in [0, 0.1) is 11.6 Å². The third kappa shape index (κ3) is 3.30. The quantitative estimate of drug-likeness (QED) is 0.652. The average molecular weight is 348 g/mol. The van der Waals surface area contributed by atoms with Gasteiger partial charge in [-0.2, -0.15) is 0 Å². The molecule has 0 heterocycles. The number of nitrogens with one attached hydrogen (secondary N) is 1. The minimum absolute atomic E-state index is 0.397. The van der Waals surface area contributed by atoms with Crippen molar-refractivity contribution in [1.82, 2.24) is 5.43 Å². The van der Waals surface area contributed by atoms with Crippen LogP contribution in [0.5, 0.6) is 0 Å². The van der Waals surface area contributed by atoms with Gasteiger partial charge in [-0.15, -0.1) is 0 Å². The molecule has 100 valence electrons. The highest BCUT2D eigenvalue weighted by Crippen LogP contribution is 2.29. The molecule has 2 aromatic rings. The molecule has 0 aliphatic heterocycles.